The van der Waals surface area contributed by atoms with Gasteiger partial charge in [0, 0.05) is 18.3 Å². The second kappa shape index (κ2) is 3.87. The number of nitrogens with one attached hydrogen (secondary N) is 2. The van der Waals surface area contributed by atoms with Crippen LogP contribution < -0.4 is 11.1 Å². The number of amides is 1. The molecule has 5 heteroatoms. The van der Waals surface area contributed by atoms with Gasteiger partial charge in [0.1, 0.15) is 0 Å². The van der Waals surface area contributed by atoms with Gasteiger partial charge in [-0.25, -0.2) is 4.98 Å². The van der Waals surface area contributed by atoms with Crippen LogP contribution in [-0.2, 0) is 11.2 Å². The van der Waals surface area contributed by atoms with Crippen LogP contribution in [0.5, 0.6) is 0 Å². The topological polar surface area (TPSA) is 83.8 Å². The van der Waals surface area contributed by atoms with Crippen LogP contribution in [0.3, 0.4) is 0 Å². The molecule has 1 amide bonds. The molecule has 0 radical (unpaired) electrons. The van der Waals surface area contributed by atoms with Crippen molar-refractivity contribution in [3.63, 3.8) is 0 Å². The Morgan fingerprint density at radius 2 is 2.67 bits per heavy atom. The number of primary amides is 1. The molecule has 0 aliphatic rings. The normalized spacial score (nSPS) is 12.8. The number of carbonyl (C=O) groups excluding carboxylic acids is 1. The average molecular weight is 168 g/mol. The number of hydrogen-bond acceptors (Lipinski definition) is 3. The van der Waals surface area contributed by atoms with Gasteiger partial charge in [0.25, 0.3) is 0 Å². The highest BCUT2D eigenvalue weighted by Gasteiger charge is 2.13. The number of carbonyl (C=O) groups is 1. The van der Waals surface area contributed by atoms with Gasteiger partial charge >= 0.3 is 0 Å². The first-order chi connectivity index (χ1) is 5.74. The van der Waals surface area contributed by atoms with Gasteiger partial charge < -0.3 is 16.0 Å². The van der Waals surface area contributed by atoms with E-state index in [-0.39, 0.29) is 11.9 Å². The van der Waals surface area contributed by atoms with Crippen LogP contribution in [0.2, 0.25) is 0 Å². The molecule has 0 aliphatic carbocycles. The van der Waals surface area contributed by atoms with Crippen molar-refractivity contribution < 1.29 is 4.79 Å². The average Bonchev–Trinajstić information content (AvgIpc) is 2.51. The first-order valence-corrected chi connectivity index (χ1v) is 3.68. The van der Waals surface area contributed by atoms with Gasteiger partial charge in [-0.2, -0.15) is 0 Å². The molecule has 0 spiro atoms. The maximum Gasteiger partial charge on any atom is 0.234 e. The summed E-state index contributed by atoms with van der Waals surface area (Å²) in [5, 5.41) is 2.82. The standard InChI is InChI=1S/C7H12N4O/c1-9-6(7(8)12)2-5-3-10-4-11-5/h3-4,6,9H,2H2,1H3,(H2,8,12)(H,10,11)/t6-/m1/s1. The lowest BCUT2D eigenvalue weighted by Gasteiger charge is -2.09. The molecule has 1 rings (SSSR count). The molecule has 0 saturated carbocycles. The van der Waals surface area contributed by atoms with E-state index in [0.29, 0.717) is 6.42 Å². The maximum absolute atomic E-state index is 10.8. The van der Waals surface area contributed by atoms with E-state index in [1.807, 2.05) is 0 Å². The monoisotopic (exact) mass is 168 g/mol. The molecule has 0 aromatic carbocycles. The molecular weight excluding hydrogens is 156 g/mol. The Morgan fingerprint density at radius 1 is 1.92 bits per heavy atom. The lowest BCUT2D eigenvalue weighted by molar-refractivity contribution is -0.119. The fourth-order valence-corrected chi connectivity index (χ4v) is 0.961. The van der Waals surface area contributed by atoms with E-state index in [1.54, 1.807) is 19.6 Å². The predicted octanol–water partition coefficient (Wildman–Crippen LogP) is -0.974. The summed E-state index contributed by atoms with van der Waals surface area (Å²) in [6.07, 6.45) is 3.79. The Morgan fingerprint density at radius 3 is 3.08 bits per heavy atom. The molecule has 0 saturated heterocycles. The Kier molecular flexibility index (Phi) is 2.82. The van der Waals surface area contributed by atoms with Crippen molar-refractivity contribution in [2.75, 3.05) is 7.05 Å². The highest BCUT2D eigenvalue weighted by atomic mass is 16.1. The van der Waals surface area contributed by atoms with E-state index in [9.17, 15) is 4.79 Å². The van der Waals surface area contributed by atoms with Crippen molar-refractivity contribution in [1.82, 2.24) is 15.3 Å². The van der Waals surface area contributed by atoms with Gasteiger partial charge in [0.2, 0.25) is 5.91 Å². The van der Waals surface area contributed by atoms with E-state index >= 15 is 0 Å². The fourth-order valence-electron chi connectivity index (χ4n) is 0.961. The van der Waals surface area contributed by atoms with E-state index in [2.05, 4.69) is 15.3 Å². The van der Waals surface area contributed by atoms with Gasteiger partial charge in [-0.05, 0) is 7.05 Å². The van der Waals surface area contributed by atoms with Gasteiger partial charge in [0.05, 0.1) is 12.4 Å². The smallest absolute Gasteiger partial charge is 0.234 e. The Bertz CT molecular complexity index is 244. The number of likely N-dealkylation sites (N-methyl/N-ethyl adjacent to an activating group) is 1. The Balaban J connectivity index is 2.54. The lowest BCUT2D eigenvalue weighted by atomic mass is 10.1. The van der Waals surface area contributed by atoms with Gasteiger partial charge in [0.15, 0.2) is 0 Å². The summed E-state index contributed by atoms with van der Waals surface area (Å²) in [5.74, 6) is -0.355. The molecule has 1 aromatic heterocycles. The zero-order valence-corrected chi connectivity index (χ0v) is 6.87. The summed E-state index contributed by atoms with van der Waals surface area (Å²) in [4.78, 5) is 17.5. The van der Waals surface area contributed by atoms with Crippen molar-refractivity contribution in [3.05, 3.63) is 18.2 Å². The number of imidazole rings is 1. The molecule has 5 nitrogen and oxygen atoms in total. The van der Waals surface area contributed by atoms with E-state index in [1.165, 1.54) is 0 Å². The quantitative estimate of drug-likeness (QED) is 0.540. The molecule has 12 heavy (non-hydrogen) atoms. The highest BCUT2D eigenvalue weighted by Crippen LogP contribution is 1.96. The van der Waals surface area contributed by atoms with E-state index < -0.39 is 0 Å². The largest absolute Gasteiger partial charge is 0.368 e. The molecule has 0 unspecified atom stereocenters. The van der Waals surface area contributed by atoms with Gasteiger partial charge in [-0.1, -0.05) is 0 Å². The minimum absolute atomic E-state index is 0.328. The molecule has 1 heterocycles. The van der Waals surface area contributed by atoms with Crippen LogP contribution in [0.4, 0.5) is 0 Å². The summed E-state index contributed by atoms with van der Waals surface area (Å²) >= 11 is 0. The van der Waals surface area contributed by atoms with Gasteiger partial charge in [-0.15, -0.1) is 0 Å². The summed E-state index contributed by atoms with van der Waals surface area (Å²) in [5.41, 5.74) is 6.02. The number of rotatable bonds is 4. The minimum Gasteiger partial charge on any atom is -0.368 e. The summed E-state index contributed by atoms with van der Waals surface area (Å²) in [7, 11) is 1.70. The molecule has 1 aromatic rings. The van der Waals surface area contributed by atoms with E-state index in [4.69, 9.17) is 5.73 Å². The molecule has 0 bridgehead atoms. The molecule has 4 N–H and O–H groups in total. The third-order valence-electron chi connectivity index (χ3n) is 1.67. The predicted molar refractivity (Wildman–Crippen MR) is 44.3 cm³/mol. The Hall–Kier alpha value is -1.36. The third kappa shape index (κ3) is 2.06. The first kappa shape index (κ1) is 8.73. The Labute approximate surface area is 70.4 Å². The molecular formula is C7H12N4O. The van der Waals surface area contributed by atoms with Crippen LogP contribution in [-0.4, -0.2) is 29.0 Å². The van der Waals surface area contributed by atoms with E-state index in [0.717, 1.165) is 5.69 Å². The van der Waals surface area contributed by atoms with Crippen LogP contribution in [0.25, 0.3) is 0 Å². The number of hydrogen-bond donors (Lipinski definition) is 3. The second-order valence-electron chi connectivity index (χ2n) is 2.52. The molecule has 0 aliphatic heterocycles. The summed E-state index contributed by atoms with van der Waals surface area (Å²) in [6, 6.07) is -0.328. The highest BCUT2D eigenvalue weighted by molar-refractivity contribution is 5.80. The fraction of sp³-hybridized carbons (Fsp3) is 0.429. The number of nitrogens with two attached hydrogens (primary N) is 1. The van der Waals surface area contributed by atoms with Crippen LogP contribution in [0.1, 0.15) is 5.69 Å². The number of aromatic nitrogens is 2. The zero-order valence-electron chi connectivity index (χ0n) is 6.87. The van der Waals surface area contributed by atoms with Crippen molar-refractivity contribution in [1.29, 1.82) is 0 Å². The van der Waals surface area contributed by atoms with Crippen LogP contribution in [0, 0.1) is 0 Å². The van der Waals surface area contributed by atoms with Crippen LogP contribution in [0.15, 0.2) is 12.5 Å². The summed E-state index contributed by atoms with van der Waals surface area (Å²) in [6.45, 7) is 0. The van der Waals surface area contributed by atoms with Crippen LogP contribution >= 0.6 is 0 Å². The summed E-state index contributed by atoms with van der Waals surface area (Å²) < 4.78 is 0. The first-order valence-electron chi connectivity index (χ1n) is 3.68. The third-order valence-corrected chi connectivity index (χ3v) is 1.67. The molecule has 1 atom stereocenters. The number of H-pyrrole nitrogens is 1. The molecule has 66 valence electrons. The number of nitrogens with zero attached hydrogens (tertiary/aromatic N) is 1. The SMILES string of the molecule is CN[C@H](Cc1cnc[nH]1)C(N)=O. The zero-order chi connectivity index (χ0) is 8.97. The minimum atomic E-state index is -0.355. The second-order valence-corrected chi connectivity index (χ2v) is 2.52. The maximum atomic E-state index is 10.8. The van der Waals surface area contributed by atoms with Crippen molar-refractivity contribution in [2.45, 2.75) is 12.5 Å². The van der Waals surface area contributed by atoms with Crippen molar-refractivity contribution in [2.24, 2.45) is 5.73 Å². The lowest BCUT2D eigenvalue weighted by Crippen LogP contribution is -2.40. The van der Waals surface area contributed by atoms with Crippen molar-refractivity contribution >= 4 is 5.91 Å². The van der Waals surface area contributed by atoms with Crippen molar-refractivity contribution in [3.8, 4) is 0 Å². The number of aromatic amines is 1. The molecule has 0 fully saturated rings. The van der Waals surface area contributed by atoms with Gasteiger partial charge in [-0.3, -0.25) is 4.79 Å².